The largest absolute Gasteiger partial charge is 0.493 e. The third-order valence-electron chi connectivity index (χ3n) is 3.42. The van der Waals surface area contributed by atoms with Crippen molar-refractivity contribution in [3.05, 3.63) is 17.1 Å². The number of anilines is 1. The van der Waals surface area contributed by atoms with Gasteiger partial charge >= 0.3 is 0 Å². The molecule has 12 heteroatoms. The Morgan fingerprint density at radius 2 is 1.82 bits per heavy atom. The molecule has 0 fully saturated rings. The number of carbonyl (C=O) groups excluding carboxylic acids is 1. The lowest BCUT2D eigenvalue weighted by atomic mass is 10.2. The number of aryl methyl sites for hydroxylation is 1. The van der Waals surface area contributed by atoms with Crippen molar-refractivity contribution >= 4 is 34.1 Å². The molecule has 0 aliphatic heterocycles. The van der Waals surface area contributed by atoms with E-state index < -0.39 is 0 Å². The van der Waals surface area contributed by atoms with Gasteiger partial charge in [0.25, 0.3) is 5.22 Å². The van der Waals surface area contributed by atoms with Gasteiger partial charge in [-0.05, 0) is 19.1 Å². The summed E-state index contributed by atoms with van der Waals surface area (Å²) in [7, 11) is 4.57. The molecule has 0 saturated carbocycles. The van der Waals surface area contributed by atoms with Gasteiger partial charge in [-0.1, -0.05) is 23.1 Å². The van der Waals surface area contributed by atoms with Gasteiger partial charge in [-0.3, -0.25) is 10.1 Å². The molecule has 0 radical (unpaired) electrons. The van der Waals surface area contributed by atoms with Gasteiger partial charge in [-0.25, -0.2) is 0 Å². The normalized spacial score (nSPS) is 10.6. The zero-order valence-electron chi connectivity index (χ0n) is 15.5. The van der Waals surface area contributed by atoms with Gasteiger partial charge in [0.05, 0.1) is 27.1 Å². The molecule has 0 spiro atoms. The number of ether oxygens (including phenoxy) is 3. The number of carbonyl (C=O) groups is 1. The van der Waals surface area contributed by atoms with Gasteiger partial charge in [0, 0.05) is 5.56 Å². The van der Waals surface area contributed by atoms with Crippen LogP contribution < -0.4 is 19.5 Å². The summed E-state index contributed by atoms with van der Waals surface area (Å²) in [6, 6.07) is 3.40. The van der Waals surface area contributed by atoms with Crippen molar-refractivity contribution in [1.82, 2.24) is 20.4 Å². The zero-order valence-corrected chi connectivity index (χ0v) is 17.1. The highest BCUT2D eigenvalue weighted by Crippen LogP contribution is 2.41. The van der Waals surface area contributed by atoms with Crippen LogP contribution >= 0.6 is 23.1 Å². The second-order valence-electron chi connectivity index (χ2n) is 5.25. The third-order valence-corrected chi connectivity index (χ3v) is 4.99. The number of aromatic nitrogens is 4. The summed E-state index contributed by atoms with van der Waals surface area (Å²) in [4.78, 5) is 12.0. The van der Waals surface area contributed by atoms with Gasteiger partial charge in [0.1, 0.15) is 5.01 Å². The van der Waals surface area contributed by atoms with Crippen molar-refractivity contribution in [2.75, 3.05) is 32.4 Å². The summed E-state index contributed by atoms with van der Waals surface area (Å²) in [6.45, 7) is 1.81. The molecule has 0 bridgehead atoms. The number of methoxy groups -OCH3 is 3. The zero-order chi connectivity index (χ0) is 20.1. The van der Waals surface area contributed by atoms with Gasteiger partial charge in [0.2, 0.25) is 22.7 Å². The Hall–Kier alpha value is -2.86. The molecule has 2 aromatic heterocycles. The van der Waals surface area contributed by atoms with E-state index in [4.69, 9.17) is 18.6 Å². The quantitative estimate of drug-likeness (QED) is 0.541. The van der Waals surface area contributed by atoms with Crippen LogP contribution in [0.5, 0.6) is 17.2 Å². The topological polar surface area (TPSA) is 121 Å². The second-order valence-corrected chi connectivity index (χ2v) is 7.36. The molecular weight excluding hydrogens is 406 g/mol. The predicted octanol–water partition coefficient (Wildman–Crippen LogP) is 2.65. The fourth-order valence-corrected chi connectivity index (χ4v) is 3.39. The van der Waals surface area contributed by atoms with Gasteiger partial charge in [0.15, 0.2) is 11.5 Å². The molecule has 1 amide bonds. The van der Waals surface area contributed by atoms with Crippen molar-refractivity contribution in [1.29, 1.82) is 0 Å². The maximum atomic E-state index is 12.0. The number of amides is 1. The van der Waals surface area contributed by atoms with Gasteiger partial charge < -0.3 is 18.6 Å². The number of thioether (sulfide) groups is 1. The molecular formula is C16H17N5O5S2. The van der Waals surface area contributed by atoms with Crippen molar-refractivity contribution < 1.29 is 23.4 Å². The van der Waals surface area contributed by atoms with Gasteiger partial charge in [-0.2, -0.15) is 0 Å². The van der Waals surface area contributed by atoms with Crippen LogP contribution in [-0.4, -0.2) is 53.4 Å². The summed E-state index contributed by atoms with van der Waals surface area (Å²) in [6.07, 6.45) is 0. The van der Waals surface area contributed by atoms with Crippen LogP contribution in [0, 0.1) is 6.92 Å². The van der Waals surface area contributed by atoms with Crippen LogP contribution in [0.4, 0.5) is 5.13 Å². The van der Waals surface area contributed by atoms with Crippen LogP contribution in [0.2, 0.25) is 0 Å². The average Bonchev–Trinajstić information content (AvgIpc) is 3.34. The van der Waals surface area contributed by atoms with Crippen LogP contribution in [0.25, 0.3) is 11.5 Å². The fraction of sp³-hybridized carbons (Fsp3) is 0.312. The maximum Gasteiger partial charge on any atom is 0.277 e. The number of benzene rings is 1. The first kappa shape index (κ1) is 19.9. The molecule has 1 aromatic carbocycles. The number of hydrogen-bond donors (Lipinski definition) is 1. The first-order valence-electron chi connectivity index (χ1n) is 7.90. The second kappa shape index (κ2) is 8.89. The lowest BCUT2D eigenvalue weighted by Crippen LogP contribution is -2.13. The summed E-state index contributed by atoms with van der Waals surface area (Å²) in [5.41, 5.74) is 0.600. The highest BCUT2D eigenvalue weighted by Gasteiger charge is 2.18. The molecule has 0 unspecified atom stereocenters. The Labute approximate surface area is 168 Å². The molecule has 0 aliphatic carbocycles. The summed E-state index contributed by atoms with van der Waals surface area (Å²) in [5.74, 6) is 1.52. The summed E-state index contributed by atoms with van der Waals surface area (Å²) >= 11 is 2.41. The van der Waals surface area contributed by atoms with E-state index in [-0.39, 0.29) is 22.8 Å². The Morgan fingerprint density at radius 1 is 1.11 bits per heavy atom. The third kappa shape index (κ3) is 4.51. The molecule has 10 nitrogen and oxygen atoms in total. The minimum absolute atomic E-state index is 0.0928. The van der Waals surface area contributed by atoms with E-state index in [9.17, 15) is 4.79 Å². The Bertz CT molecular complexity index is 949. The fourth-order valence-electron chi connectivity index (χ4n) is 2.22. The number of nitrogens with zero attached hydrogens (tertiary/aromatic N) is 4. The maximum absolute atomic E-state index is 12.0. The van der Waals surface area contributed by atoms with E-state index in [0.717, 1.165) is 16.8 Å². The van der Waals surface area contributed by atoms with Crippen LogP contribution in [0.3, 0.4) is 0 Å². The van der Waals surface area contributed by atoms with E-state index in [1.807, 2.05) is 6.92 Å². The van der Waals surface area contributed by atoms with E-state index in [0.29, 0.717) is 27.9 Å². The highest BCUT2D eigenvalue weighted by molar-refractivity contribution is 7.99. The van der Waals surface area contributed by atoms with Crippen LogP contribution in [0.1, 0.15) is 5.01 Å². The standard InChI is InChI=1S/C16H17N5O5S2/c1-8-18-20-15(28-8)17-12(22)7-27-16-21-19-14(26-16)9-5-10(23-2)13(25-4)11(6-9)24-3/h5-6H,7H2,1-4H3,(H,17,20,22). The SMILES string of the molecule is COc1cc(-c2nnc(SCC(=O)Nc3nnc(C)s3)o2)cc(OC)c1OC. The summed E-state index contributed by atoms with van der Waals surface area (Å²) < 4.78 is 21.6. The molecule has 0 atom stereocenters. The van der Waals surface area contributed by atoms with E-state index in [1.54, 1.807) is 12.1 Å². The lowest BCUT2D eigenvalue weighted by molar-refractivity contribution is -0.113. The first-order chi connectivity index (χ1) is 13.5. The van der Waals surface area contributed by atoms with E-state index in [1.165, 1.54) is 32.7 Å². The predicted molar refractivity (Wildman–Crippen MR) is 103 cm³/mol. The molecule has 1 N–H and O–H groups in total. The van der Waals surface area contributed by atoms with Crippen LogP contribution in [-0.2, 0) is 4.79 Å². The van der Waals surface area contributed by atoms with Crippen molar-refractivity contribution in [3.8, 4) is 28.7 Å². The Balaban J connectivity index is 1.69. The van der Waals surface area contributed by atoms with E-state index >= 15 is 0 Å². The highest BCUT2D eigenvalue weighted by atomic mass is 32.2. The molecule has 3 rings (SSSR count). The van der Waals surface area contributed by atoms with Crippen molar-refractivity contribution in [2.45, 2.75) is 12.1 Å². The van der Waals surface area contributed by atoms with Gasteiger partial charge in [-0.15, -0.1) is 20.4 Å². The van der Waals surface area contributed by atoms with E-state index in [2.05, 4.69) is 25.7 Å². The number of nitrogens with one attached hydrogen (secondary N) is 1. The molecule has 28 heavy (non-hydrogen) atoms. The molecule has 2 heterocycles. The smallest absolute Gasteiger partial charge is 0.277 e. The lowest BCUT2D eigenvalue weighted by Gasteiger charge is -2.12. The molecule has 148 valence electrons. The Morgan fingerprint density at radius 3 is 2.39 bits per heavy atom. The Kier molecular flexibility index (Phi) is 6.31. The number of rotatable bonds is 8. The van der Waals surface area contributed by atoms with Crippen molar-refractivity contribution in [2.24, 2.45) is 0 Å². The van der Waals surface area contributed by atoms with Crippen LogP contribution in [0.15, 0.2) is 21.8 Å². The first-order valence-corrected chi connectivity index (χ1v) is 9.71. The van der Waals surface area contributed by atoms with Crippen molar-refractivity contribution in [3.63, 3.8) is 0 Å². The molecule has 3 aromatic rings. The minimum Gasteiger partial charge on any atom is -0.493 e. The summed E-state index contributed by atoms with van der Waals surface area (Å²) in [5, 5.41) is 19.8. The molecule has 0 aliphatic rings. The average molecular weight is 423 g/mol. The number of hydrogen-bond acceptors (Lipinski definition) is 11. The monoisotopic (exact) mass is 423 g/mol. The molecule has 0 saturated heterocycles. The minimum atomic E-state index is -0.242.